The number of nitrogens with two attached hydrogens (primary N) is 1. The molecule has 0 saturated carbocycles. The van der Waals surface area contributed by atoms with Gasteiger partial charge in [0.1, 0.15) is 6.04 Å². The summed E-state index contributed by atoms with van der Waals surface area (Å²) in [6.07, 6.45) is -2.33. The molecule has 0 heterocycles. The molecule has 0 aliphatic heterocycles. The largest absolute Gasteiger partial charge is 2.00 e. The SMILES string of the molecule is CC(C)[C@H](N)C(=O)O.O=C([O-])[O-].[Ca+2]. The second kappa shape index (κ2) is 10.0. The molecule has 7 heteroatoms. The maximum Gasteiger partial charge on any atom is 2.00 e. The van der Waals surface area contributed by atoms with Gasteiger partial charge in [-0.25, -0.2) is 0 Å². The van der Waals surface area contributed by atoms with Gasteiger partial charge >= 0.3 is 43.7 Å². The molecule has 1 atom stereocenters. The summed E-state index contributed by atoms with van der Waals surface area (Å²) in [5.41, 5.74) is 5.16. The summed E-state index contributed by atoms with van der Waals surface area (Å²) in [5.74, 6) is -0.910. The Morgan fingerprint density at radius 3 is 1.54 bits per heavy atom. The first-order valence-electron chi connectivity index (χ1n) is 3.15. The molecule has 72 valence electrons. The molecule has 0 bridgehead atoms. The van der Waals surface area contributed by atoms with Gasteiger partial charge in [0.05, 0.1) is 0 Å². The maximum absolute atomic E-state index is 10.0. The van der Waals surface area contributed by atoms with Gasteiger partial charge in [-0.15, -0.1) is 0 Å². The Bertz CT molecular complexity index is 157. The predicted octanol–water partition coefficient (Wildman–Crippen LogP) is -2.77. The molecule has 6 nitrogen and oxygen atoms in total. The summed E-state index contributed by atoms with van der Waals surface area (Å²) in [6, 6.07) is -0.713. The smallest absolute Gasteiger partial charge is 0.652 e. The molecule has 13 heavy (non-hydrogen) atoms. The zero-order valence-corrected chi connectivity index (χ0v) is 9.73. The van der Waals surface area contributed by atoms with Crippen molar-refractivity contribution in [2.45, 2.75) is 19.9 Å². The molecule has 3 N–H and O–H groups in total. The summed E-state index contributed by atoms with van der Waals surface area (Å²) in [5, 5.41) is 24.9. The molecule has 0 amide bonds. The number of rotatable bonds is 2. The molecule has 0 aromatic heterocycles. The van der Waals surface area contributed by atoms with Crippen molar-refractivity contribution in [2.75, 3.05) is 0 Å². The van der Waals surface area contributed by atoms with E-state index in [4.69, 9.17) is 25.8 Å². The van der Waals surface area contributed by atoms with E-state index < -0.39 is 18.2 Å². The second-order valence-electron chi connectivity index (χ2n) is 2.36. The van der Waals surface area contributed by atoms with Crippen LogP contribution in [0.5, 0.6) is 0 Å². The Labute approximate surface area is 106 Å². The average molecular weight is 217 g/mol. The van der Waals surface area contributed by atoms with Crippen molar-refractivity contribution in [3.05, 3.63) is 0 Å². The van der Waals surface area contributed by atoms with E-state index >= 15 is 0 Å². The third-order valence-electron chi connectivity index (χ3n) is 1.00. The van der Waals surface area contributed by atoms with Crippen molar-refractivity contribution < 1.29 is 24.9 Å². The van der Waals surface area contributed by atoms with Gasteiger partial charge in [-0.2, -0.15) is 0 Å². The van der Waals surface area contributed by atoms with E-state index in [2.05, 4.69) is 0 Å². The van der Waals surface area contributed by atoms with Crippen LogP contribution in [0.1, 0.15) is 13.8 Å². The monoisotopic (exact) mass is 217 g/mol. The molecule has 0 radical (unpaired) electrons. The number of hydrogen-bond donors (Lipinski definition) is 2. The molecule has 0 saturated heterocycles. The number of carbonyl (C=O) groups excluding carboxylic acids is 1. The van der Waals surface area contributed by atoms with E-state index in [1.54, 1.807) is 13.8 Å². The van der Waals surface area contributed by atoms with Crippen LogP contribution < -0.4 is 15.9 Å². The fourth-order valence-electron chi connectivity index (χ4n) is 0.285. The molecule has 0 aliphatic carbocycles. The number of hydrogen-bond acceptors (Lipinski definition) is 5. The van der Waals surface area contributed by atoms with Gasteiger partial charge in [0.25, 0.3) is 0 Å². The first-order chi connectivity index (χ1) is 5.29. The first kappa shape index (κ1) is 18.7. The van der Waals surface area contributed by atoms with Crippen LogP contribution in [0.3, 0.4) is 0 Å². The maximum atomic E-state index is 10.0. The Kier molecular flexibility index (Phi) is 14.4. The van der Waals surface area contributed by atoms with Gasteiger partial charge in [0.2, 0.25) is 0 Å². The summed E-state index contributed by atoms with van der Waals surface area (Å²) in [6.45, 7) is 3.55. The van der Waals surface area contributed by atoms with E-state index in [0.717, 1.165) is 0 Å². The van der Waals surface area contributed by atoms with Crippen LogP contribution in [0.15, 0.2) is 0 Å². The third-order valence-corrected chi connectivity index (χ3v) is 1.00. The summed E-state index contributed by atoms with van der Waals surface area (Å²) in [7, 11) is 0. The number of carboxylic acid groups (broad SMARTS) is 3. The van der Waals surface area contributed by atoms with E-state index in [1.165, 1.54) is 0 Å². The Morgan fingerprint density at radius 2 is 1.54 bits per heavy atom. The van der Waals surface area contributed by atoms with Crippen molar-refractivity contribution in [3.63, 3.8) is 0 Å². The quantitative estimate of drug-likeness (QED) is 0.482. The van der Waals surface area contributed by atoms with Crippen LogP contribution in [-0.2, 0) is 4.79 Å². The first-order valence-corrected chi connectivity index (χ1v) is 3.15. The van der Waals surface area contributed by atoms with Crippen molar-refractivity contribution >= 4 is 49.9 Å². The molecule has 0 aromatic carbocycles. The third kappa shape index (κ3) is 18.7. The van der Waals surface area contributed by atoms with Crippen LogP contribution in [0.4, 0.5) is 4.79 Å². The summed E-state index contributed by atoms with van der Waals surface area (Å²) in [4.78, 5) is 18.3. The van der Waals surface area contributed by atoms with E-state index in [1.807, 2.05) is 0 Å². The molecular formula is C6H11CaNO5. The van der Waals surface area contributed by atoms with E-state index in [9.17, 15) is 4.79 Å². The van der Waals surface area contributed by atoms with Crippen LogP contribution in [-0.4, -0.2) is 61.0 Å². The predicted molar refractivity (Wildman–Crippen MR) is 41.6 cm³/mol. The van der Waals surface area contributed by atoms with Gasteiger partial charge in [-0.1, -0.05) is 13.8 Å². The molecule has 0 aliphatic rings. The van der Waals surface area contributed by atoms with Crippen molar-refractivity contribution in [2.24, 2.45) is 11.7 Å². The molecule has 0 rings (SSSR count). The fraction of sp³-hybridized carbons (Fsp3) is 0.667. The number of aliphatic carboxylic acids is 1. The minimum Gasteiger partial charge on any atom is -0.652 e. The van der Waals surface area contributed by atoms with Gasteiger partial charge in [0, 0.05) is 0 Å². The molecular weight excluding hydrogens is 206 g/mol. The minimum absolute atomic E-state index is 0. The number of carbonyl (C=O) groups is 2. The standard InChI is InChI=1S/C5H11NO2.CH2O3.Ca/c1-3(2)4(6)5(7)8;2-1(3)4;/h3-4H,6H2,1-2H3,(H,7,8);(H2,2,3,4);/q;;+2/p-2/t4-;;/m0../s1. The Hall–Kier alpha value is -0.0403. The minimum atomic E-state index is -2.33. The normalized spacial score (nSPS) is 10.5. The van der Waals surface area contributed by atoms with Gasteiger partial charge in [-0.05, 0) is 12.1 Å². The van der Waals surface area contributed by atoms with E-state index in [0.29, 0.717) is 0 Å². The average Bonchev–Trinajstić information content (AvgIpc) is 1.84. The van der Waals surface area contributed by atoms with Crippen LogP contribution in [0.25, 0.3) is 0 Å². The van der Waals surface area contributed by atoms with Crippen molar-refractivity contribution in [1.82, 2.24) is 0 Å². The van der Waals surface area contributed by atoms with Crippen molar-refractivity contribution in [1.29, 1.82) is 0 Å². The van der Waals surface area contributed by atoms with Crippen molar-refractivity contribution in [3.8, 4) is 0 Å². The van der Waals surface area contributed by atoms with Crippen LogP contribution in [0, 0.1) is 5.92 Å². The van der Waals surface area contributed by atoms with Crippen LogP contribution >= 0.6 is 0 Å². The van der Waals surface area contributed by atoms with Gasteiger partial charge in [0.15, 0.2) is 0 Å². The second-order valence-corrected chi connectivity index (χ2v) is 2.36. The van der Waals surface area contributed by atoms with Gasteiger partial charge in [-0.3, -0.25) is 4.79 Å². The molecule has 0 unspecified atom stereocenters. The number of carboxylic acids is 1. The topological polar surface area (TPSA) is 127 Å². The molecule has 0 fully saturated rings. The Balaban J connectivity index is -0.000000173. The molecule has 0 spiro atoms. The van der Waals surface area contributed by atoms with E-state index in [-0.39, 0.29) is 43.7 Å². The van der Waals surface area contributed by atoms with Crippen LogP contribution in [0.2, 0.25) is 0 Å². The summed E-state index contributed by atoms with van der Waals surface area (Å²) >= 11 is 0. The zero-order chi connectivity index (χ0) is 10.3. The zero-order valence-electron chi connectivity index (χ0n) is 7.52. The van der Waals surface area contributed by atoms with Gasteiger partial charge < -0.3 is 25.8 Å². The summed E-state index contributed by atoms with van der Waals surface area (Å²) < 4.78 is 0. The fourth-order valence-corrected chi connectivity index (χ4v) is 0.285. The molecule has 0 aromatic rings. The Morgan fingerprint density at radius 1 is 1.31 bits per heavy atom.